The molecule has 0 bridgehead atoms. The minimum atomic E-state index is -0.192. The van der Waals surface area contributed by atoms with Gasteiger partial charge in [-0.2, -0.15) is 11.8 Å². The predicted octanol–water partition coefficient (Wildman–Crippen LogP) is 1.28. The van der Waals surface area contributed by atoms with Crippen LogP contribution in [0.25, 0.3) is 0 Å². The van der Waals surface area contributed by atoms with Crippen molar-refractivity contribution in [1.29, 1.82) is 0 Å². The van der Waals surface area contributed by atoms with Crippen LogP contribution in [0.1, 0.15) is 31.7 Å². The van der Waals surface area contributed by atoms with Gasteiger partial charge >= 0.3 is 6.03 Å². The van der Waals surface area contributed by atoms with E-state index in [9.17, 15) is 4.79 Å². The number of hydrogen-bond donors (Lipinski definition) is 1. The standard InChI is InChI=1S/C14H23N5O2S/c1-2-18-10-16-17-13(18)12-9-19(5-6-21-12)14(20)15-8-11-4-3-7-22-11/h10-12H,2-9H2,1H3,(H,15,20). The molecule has 22 heavy (non-hydrogen) atoms. The number of nitrogens with zero attached hydrogens (tertiary/aromatic N) is 4. The van der Waals surface area contributed by atoms with Gasteiger partial charge in [-0.25, -0.2) is 4.79 Å². The lowest BCUT2D eigenvalue weighted by atomic mass is 10.2. The van der Waals surface area contributed by atoms with Gasteiger partial charge in [-0.05, 0) is 25.5 Å². The molecule has 2 saturated heterocycles. The van der Waals surface area contributed by atoms with Gasteiger partial charge in [-0.1, -0.05) is 0 Å². The third-order valence-electron chi connectivity index (χ3n) is 4.13. The van der Waals surface area contributed by atoms with Crippen molar-refractivity contribution in [1.82, 2.24) is 25.0 Å². The summed E-state index contributed by atoms with van der Waals surface area (Å²) in [5.41, 5.74) is 0. The van der Waals surface area contributed by atoms with Crippen LogP contribution in [-0.2, 0) is 11.3 Å². The predicted molar refractivity (Wildman–Crippen MR) is 84.8 cm³/mol. The molecule has 1 aromatic rings. The first-order chi connectivity index (χ1) is 10.8. The fraction of sp³-hybridized carbons (Fsp3) is 0.786. The van der Waals surface area contributed by atoms with E-state index in [0.717, 1.165) is 18.9 Å². The van der Waals surface area contributed by atoms with Gasteiger partial charge in [0.05, 0.1) is 13.2 Å². The molecular weight excluding hydrogens is 302 g/mol. The van der Waals surface area contributed by atoms with Crippen LogP contribution >= 0.6 is 11.8 Å². The molecule has 0 radical (unpaired) electrons. The van der Waals surface area contributed by atoms with Gasteiger partial charge in [-0.15, -0.1) is 10.2 Å². The molecule has 3 heterocycles. The molecule has 1 aromatic heterocycles. The quantitative estimate of drug-likeness (QED) is 0.903. The van der Waals surface area contributed by atoms with Crippen LogP contribution in [0.4, 0.5) is 4.79 Å². The summed E-state index contributed by atoms with van der Waals surface area (Å²) in [6, 6.07) is 0.00311. The Morgan fingerprint density at radius 1 is 1.59 bits per heavy atom. The van der Waals surface area contributed by atoms with Gasteiger partial charge in [0.25, 0.3) is 0 Å². The molecule has 122 valence electrons. The second-order valence-corrected chi connectivity index (χ2v) is 7.01. The lowest BCUT2D eigenvalue weighted by Crippen LogP contribution is -2.48. The van der Waals surface area contributed by atoms with Crippen LogP contribution in [0, 0.1) is 0 Å². The van der Waals surface area contributed by atoms with Crippen LogP contribution in [0.3, 0.4) is 0 Å². The smallest absolute Gasteiger partial charge is 0.317 e. The second-order valence-electron chi connectivity index (χ2n) is 5.60. The van der Waals surface area contributed by atoms with E-state index < -0.39 is 0 Å². The van der Waals surface area contributed by atoms with Gasteiger partial charge in [0.2, 0.25) is 0 Å². The summed E-state index contributed by atoms with van der Waals surface area (Å²) in [5, 5.41) is 11.7. The number of ether oxygens (including phenoxy) is 1. The van der Waals surface area contributed by atoms with Crippen molar-refractivity contribution in [3.8, 4) is 0 Å². The van der Waals surface area contributed by atoms with E-state index in [1.807, 2.05) is 28.2 Å². The monoisotopic (exact) mass is 325 g/mol. The average molecular weight is 325 g/mol. The summed E-state index contributed by atoms with van der Waals surface area (Å²) in [6.07, 6.45) is 3.98. The molecule has 2 atom stereocenters. The van der Waals surface area contributed by atoms with Gasteiger partial charge in [0, 0.05) is 24.9 Å². The average Bonchev–Trinajstić information content (AvgIpc) is 3.23. The number of thioether (sulfide) groups is 1. The number of amides is 2. The SMILES string of the molecule is CCn1cnnc1C1CN(C(=O)NCC2CCCS2)CCO1. The highest BCUT2D eigenvalue weighted by Gasteiger charge is 2.29. The van der Waals surface area contributed by atoms with Crippen LogP contribution in [0.15, 0.2) is 6.33 Å². The largest absolute Gasteiger partial charge is 0.366 e. The Hall–Kier alpha value is -1.28. The summed E-state index contributed by atoms with van der Waals surface area (Å²) < 4.78 is 7.73. The van der Waals surface area contributed by atoms with Crippen molar-refractivity contribution >= 4 is 17.8 Å². The van der Waals surface area contributed by atoms with E-state index >= 15 is 0 Å². The Morgan fingerprint density at radius 3 is 3.27 bits per heavy atom. The lowest BCUT2D eigenvalue weighted by molar-refractivity contribution is -0.0217. The molecule has 2 aliphatic heterocycles. The van der Waals surface area contributed by atoms with Gasteiger partial charge in [-0.3, -0.25) is 0 Å². The maximum atomic E-state index is 12.3. The maximum absolute atomic E-state index is 12.3. The highest BCUT2D eigenvalue weighted by atomic mass is 32.2. The van der Waals surface area contributed by atoms with Crippen molar-refractivity contribution in [2.45, 2.75) is 37.7 Å². The second kappa shape index (κ2) is 7.32. The van der Waals surface area contributed by atoms with E-state index in [1.54, 1.807) is 6.33 Å². The van der Waals surface area contributed by atoms with Crippen LogP contribution in [0.5, 0.6) is 0 Å². The summed E-state index contributed by atoms with van der Waals surface area (Å²) >= 11 is 1.95. The zero-order valence-electron chi connectivity index (χ0n) is 12.9. The fourth-order valence-corrected chi connectivity index (χ4v) is 4.07. The molecule has 2 aliphatic rings. The van der Waals surface area contributed by atoms with Crippen LogP contribution in [-0.4, -0.2) is 62.9 Å². The van der Waals surface area contributed by atoms with E-state index in [-0.39, 0.29) is 12.1 Å². The molecule has 2 amide bonds. The number of nitrogens with one attached hydrogen (secondary N) is 1. The number of carbonyl (C=O) groups excluding carboxylic acids is 1. The molecule has 3 rings (SSSR count). The normalized spacial score (nSPS) is 25.4. The first-order valence-electron chi connectivity index (χ1n) is 7.91. The molecule has 8 heteroatoms. The minimum Gasteiger partial charge on any atom is -0.366 e. The fourth-order valence-electron chi connectivity index (χ4n) is 2.87. The summed E-state index contributed by atoms with van der Waals surface area (Å²) in [7, 11) is 0. The topological polar surface area (TPSA) is 72.3 Å². The van der Waals surface area contributed by atoms with Crippen molar-refractivity contribution in [2.75, 3.05) is 32.0 Å². The number of aromatic nitrogens is 3. The highest BCUT2D eigenvalue weighted by Crippen LogP contribution is 2.25. The molecule has 0 aromatic carbocycles. The van der Waals surface area contributed by atoms with Crippen molar-refractivity contribution < 1.29 is 9.53 Å². The Labute approximate surface area is 134 Å². The van der Waals surface area contributed by atoms with Gasteiger partial charge in [0.1, 0.15) is 12.4 Å². The molecule has 7 nitrogen and oxygen atoms in total. The first-order valence-corrected chi connectivity index (χ1v) is 8.96. The maximum Gasteiger partial charge on any atom is 0.317 e. The molecule has 0 aliphatic carbocycles. The van der Waals surface area contributed by atoms with Crippen LogP contribution < -0.4 is 5.32 Å². The van der Waals surface area contributed by atoms with Crippen molar-refractivity contribution in [3.63, 3.8) is 0 Å². The number of morpholine rings is 1. The zero-order chi connectivity index (χ0) is 15.4. The van der Waals surface area contributed by atoms with Crippen molar-refractivity contribution in [3.05, 3.63) is 12.2 Å². The molecule has 0 saturated carbocycles. The van der Waals surface area contributed by atoms with Crippen LogP contribution in [0.2, 0.25) is 0 Å². The van der Waals surface area contributed by atoms with E-state index in [0.29, 0.717) is 24.9 Å². The number of hydrogen-bond acceptors (Lipinski definition) is 5. The summed E-state index contributed by atoms with van der Waals surface area (Å²) in [4.78, 5) is 14.2. The number of aryl methyl sites for hydroxylation is 1. The highest BCUT2D eigenvalue weighted by molar-refractivity contribution is 8.00. The summed E-state index contributed by atoms with van der Waals surface area (Å²) in [5.74, 6) is 2.01. The van der Waals surface area contributed by atoms with Gasteiger partial charge in [0.15, 0.2) is 5.82 Å². The van der Waals surface area contributed by atoms with E-state index in [1.165, 1.54) is 18.6 Å². The number of urea groups is 1. The van der Waals surface area contributed by atoms with Crippen molar-refractivity contribution in [2.24, 2.45) is 0 Å². The van der Waals surface area contributed by atoms with Gasteiger partial charge < -0.3 is 19.5 Å². The van der Waals surface area contributed by atoms with E-state index in [2.05, 4.69) is 15.5 Å². The Balaban J connectivity index is 1.54. The first kappa shape index (κ1) is 15.6. The molecule has 1 N–H and O–H groups in total. The molecule has 2 fully saturated rings. The Kier molecular flexibility index (Phi) is 5.20. The number of carbonyl (C=O) groups is 1. The Morgan fingerprint density at radius 2 is 2.50 bits per heavy atom. The third-order valence-corrected chi connectivity index (χ3v) is 5.53. The third kappa shape index (κ3) is 3.55. The summed E-state index contributed by atoms with van der Waals surface area (Å²) in [6.45, 7) is 5.29. The van der Waals surface area contributed by atoms with E-state index in [4.69, 9.17) is 4.74 Å². The molecular formula is C14H23N5O2S. The lowest BCUT2D eigenvalue weighted by Gasteiger charge is -2.32. The zero-order valence-corrected chi connectivity index (χ0v) is 13.7. The molecule has 2 unspecified atom stereocenters. The number of rotatable bonds is 4. The molecule has 0 spiro atoms. The Bertz CT molecular complexity index is 503. The minimum absolute atomic E-state index is 0.00311.